The minimum absolute atomic E-state index is 0.186. The number of rotatable bonds is 3. The van der Waals surface area contributed by atoms with Gasteiger partial charge in [0.1, 0.15) is 5.82 Å². The fourth-order valence-corrected chi connectivity index (χ4v) is 3.01. The normalized spacial score (nSPS) is 11.4. The summed E-state index contributed by atoms with van der Waals surface area (Å²) in [4.78, 5) is 18.7. The molecule has 3 rings (SSSR count). The maximum atomic E-state index is 12.6. The topological polar surface area (TPSA) is 67.3 Å². The van der Waals surface area contributed by atoms with E-state index in [4.69, 9.17) is 0 Å². The number of hydrogen-bond donors (Lipinski definition) is 0. The number of carbonyl (C=O) groups excluding carboxylic acids is 1. The van der Waals surface area contributed by atoms with Crippen LogP contribution < -0.4 is 4.90 Å². The fraction of sp³-hybridized carbons (Fsp3) is 0.111. The molecule has 2 aromatic carbocycles. The Morgan fingerprint density at radius 1 is 0.958 bits per heavy atom. The molecule has 6 heteroatoms. The molecule has 0 aliphatic rings. The van der Waals surface area contributed by atoms with E-state index < -0.39 is 9.84 Å². The molecule has 122 valence electrons. The van der Waals surface area contributed by atoms with Gasteiger partial charge < -0.3 is 0 Å². The molecular formula is C18H16N2O3S. The second kappa shape index (κ2) is 6.05. The van der Waals surface area contributed by atoms with Gasteiger partial charge in [0, 0.05) is 24.3 Å². The van der Waals surface area contributed by atoms with Gasteiger partial charge in [-0.05, 0) is 42.5 Å². The average molecular weight is 340 g/mol. The molecule has 1 heterocycles. The number of carbonyl (C=O) groups is 1. The molecule has 0 radical (unpaired) electrons. The van der Waals surface area contributed by atoms with Crippen molar-refractivity contribution in [2.45, 2.75) is 4.90 Å². The highest BCUT2D eigenvalue weighted by atomic mass is 32.2. The molecule has 0 fully saturated rings. The standard InChI is InChI=1S/C18H16N2O3S/c1-20(17-12-9-13-5-3-4-6-16(13)19-17)18(21)14-7-10-15(11-8-14)24(2,22)23/h3-12H,1-2H3. The van der Waals surface area contributed by atoms with Gasteiger partial charge in [-0.1, -0.05) is 18.2 Å². The lowest BCUT2D eigenvalue weighted by molar-refractivity contribution is 0.0992. The predicted molar refractivity (Wildman–Crippen MR) is 94.0 cm³/mol. The monoisotopic (exact) mass is 340 g/mol. The first-order chi connectivity index (χ1) is 11.4. The number of hydrogen-bond acceptors (Lipinski definition) is 4. The Hall–Kier alpha value is -2.73. The summed E-state index contributed by atoms with van der Waals surface area (Å²) in [6, 6.07) is 17.3. The third kappa shape index (κ3) is 3.14. The number of anilines is 1. The molecule has 0 aliphatic carbocycles. The Labute approximate surface area is 140 Å². The molecular weight excluding hydrogens is 324 g/mol. The van der Waals surface area contributed by atoms with Crippen LogP contribution in [0, 0.1) is 0 Å². The lowest BCUT2D eigenvalue weighted by Gasteiger charge is -2.17. The number of benzene rings is 2. The molecule has 0 atom stereocenters. The van der Waals surface area contributed by atoms with Crippen LogP contribution in [-0.2, 0) is 9.84 Å². The van der Waals surface area contributed by atoms with E-state index in [2.05, 4.69) is 4.98 Å². The van der Waals surface area contributed by atoms with E-state index in [1.807, 2.05) is 30.3 Å². The molecule has 0 spiro atoms. The van der Waals surface area contributed by atoms with Gasteiger partial charge in [0.2, 0.25) is 0 Å². The van der Waals surface area contributed by atoms with E-state index in [1.54, 1.807) is 13.1 Å². The van der Waals surface area contributed by atoms with Crippen molar-refractivity contribution in [1.29, 1.82) is 0 Å². The molecule has 0 saturated carbocycles. The summed E-state index contributed by atoms with van der Waals surface area (Å²) in [6.07, 6.45) is 1.13. The number of aromatic nitrogens is 1. The summed E-state index contributed by atoms with van der Waals surface area (Å²) in [7, 11) is -1.64. The van der Waals surface area contributed by atoms with Crippen LogP contribution in [0.3, 0.4) is 0 Å². The van der Waals surface area contributed by atoms with E-state index in [-0.39, 0.29) is 10.8 Å². The highest BCUT2D eigenvalue weighted by molar-refractivity contribution is 7.90. The van der Waals surface area contributed by atoms with Gasteiger partial charge in [-0.25, -0.2) is 13.4 Å². The van der Waals surface area contributed by atoms with Gasteiger partial charge in [-0.2, -0.15) is 0 Å². The van der Waals surface area contributed by atoms with Crippen LogP contribution in [0.25, 0.3) is 10.9 Å². The molecule has 1 amide bonds. The SMILES string of the molecule is CN(C(=O)c1ccc(S(C)(=O)=O)cc1)c1ccc2ccccc2n1. The number of nitrogens with zero attached hydrogens (tertiary/aromatic N) is 2. The maximum Gasteiger partial charge on any atom is 0.259 e. The zero-order chi connectivity index (χ0) is 17.3. The highest BCUT2D eigenvalue weighted by Gasteiger charge is 2.16. The summed E-state index contributed by atoms with van der Waals surface area (Å²) < 4.78 is 23.0. The molecule has 3 aromatic rings. The van der Waals surface area contributed by atoms with Crippen LogP contribution in [-0.4, -0.2) is 32.6 Å². The van der Waals surface area contributed by atoms with Gasteiger partial charge >= 0.3 is 0 Å². The Morgan fingerprint density at radius 3 is 2.29 bits per heavy atom. The molecule has 0 saturated heterocycles. The van der Waals surface area contributed by atoms with Gasteiger partial charge in [0.05, 0.1) is 10.4 Å². The van der Waals surface area contributed by atoms with E-state index in [9.17, 15) is 13.2 Å². The van der Waals surface area contributed by atoms with Crippen molar-refractivity contribution in [3.8, 4) is 0 Å². The van der Waals surface area contributed by atoms with Crippen LogP contribution in [0.2, 0.25) is 0 Å². The predicted octanol–water partition coefficient (Wildman–Crippen LogP) is 2.91. The zero-order valence-electron chi connectivity index (χ0n) is 13.3. The third-order valence-corrected chi connectivity index (χ3v) is 4.89. The van der Waals surface area contributed by atoms with Crippen LogP contribution in [0.15, 0.2) is 65.6 Å². The van der Waals surface area contributed by atoms with Crippen molar-refractivity contribution >= 4 is 32.5 Å². The van der Waals surface area contributed by atoms with E-state index in [0.717, 1.165) is 17.2 Å². The molecule has 0 aliphatic heterocycles. The van der Waals surface area contributed by atoms with Crippen molar-refractivity contribution in [2.24, 2.45) is 0 Å². The molecule has 5 nitrogen and oxygen atoms in total. The first-order valence-electron chi connectivity index (χ1n) is 7.30. The van der Waals surface area contributed by atoms with Gasteiger partial charge in [0.15, 0.2) is 9.84 Å². The van der Waals surface area contributed by atoms with E-state index in [0.29, 0.717) is 11.4 Å². The Balaban J connectivity index is 1.90. The van der Waals surface area contributed by atoms with Gasteiger partial charge in [-0.3, -0.25) is 9.69 Å². The van der Waals surface area contributed by atoms with Crippen molar-refractivity contribution in [2.75, 3.05) is 18.2 Å². The summed E-state index contributed by atoms with van der Waals surface area (Å²) in [5, 5.41) is 1.000. The largest absolute Gasteiger partial charge is 0.296 e. The molecule has 0 unspecified atom stereocenters. The Kier molecular flexibility index (Phi) is 4.07. The summed E-state index contributed by atoms with van der Waals surface area (Å²) in [5.41, 5.74) is 1.21. The number of sulfone groups is 1. The van der Waals surface area contributed by atoms with E-state index in [1.165, 1.54) is 29.2 Å². The fourth-order valence-electron chi connectivity index (χ4n) is 2.38. The second-order valence-electron chi connectivity index (χ2n) is 5.52. The lowest BCUT2D eigenvalue weighted by Crippen LogP contribution is -2.27. The number of fused-ring (bicyclic) bond motifs is 1. The molecule has 0 bridgehead atoms. The third-order valence-electron chi connectivity index (χ3n) is 3.76. The summed E-state index contributed by atoms with van der Waals surface area (Å²) in [5.74, 6) is 0.281. The number of para-hydroxylation sites is 1. The molecule has 0 N–H and O–H groups in total. The van der Waals surface area contributed by atoms with Gasteiger partial charge in [0.25, 0.3) is 5.91 Å². The van der Waals surface area contributed by atoms with Crippen LogP contribution >= 0.6 is 0 Å². The number of amides is 1. The maximum absolute atomic E-state index is 12.6. The van der Waals surface area contributed by atoms with Crippen LogP contribution in [0.5, 0.6) is 0 Å². The van der Waals surface area contributed by atoms with Crippen molar-refractivity contribution < 1.29 is 13.2 Å². The quantitative estimate of drug-likeness (QED) is 0.735. The lowest BCUT2D eigenvalue weighted by atomic mass is 10.2. The van der Waals surface area contributed by atoms with E-state index >= 15 is 0 Å². The number of pyridine rings is 1. The Morgan fingerprint density at radius 2 is 1.62 bits per heavy atom. The minimum Gasteiger partial charge on any atom is -0.296 e. The van der Waals surface area contributed by atoms with Gasteiger partial charge in [-0.15, -0.1) is 0 Å². The first-order valence-corrected chi connectivity index (χ1v) is 9.19. The van der Waals surface area contributed by atoms with Crippen molar-refractivity contribution in [3.63, 3.8) is 0 Å². The van der Waals surface area contributed by atoms with Crippen molar-refractivity contribution in [1.82, 2.24) is 4.98 Å². The second-order valence-corrected chi connectivity index (χ2v) is 7.54. The smallest absolute Gasteiger partial charge is 0.259 e. The highest BCUT2D eigenvalue weighted by Crippen LogP contribution is 2.19. The van der Waals surface area contributed by atoms with Crippen molar-refractivity contribution in [3.05, 3.63) is 66.2 Å². The van der Waals surface area contributed by atoms with Crippen LogP contribution in [0.4, 0.5) is 5.82 Å². The molecule has 1 aromatic heterocycles. The molecule has 24 heavy (non-hydrogen) atoms. The summed E-state index contributed by atoms with van der Waals surface area (Å²) in [6.45, 7) is 0. The summed E-state index contributed by atoms with van der Waals surface area (Å²) >= 11 is 0. The Bertz CT molecular complexity index is 1010. The minimum atomic E-state index is -3.28. The first kappa shape index (κ1) is 16.1. The average Bonchev–Trinajstić information content (AvgIpc) is 2.59. The van der Waals surface area contributed by atoms with Crippen LogP contribution in [0.1, 0.15) is 10.4 Å². The zero-order valence-corrected chi connectivity index (χ0v) is 14.1.